The molecule has 0 radical (unpaired) electrons. The Hall–Kier alpha value is -2.06. The molecule has 0 spiro atoms. The van der Waals surface area contributed by atoms with Crippen LogP contribution in [0.25, 0.3) is 17.2 Å². The number of carbonyl (C=O) groups is 1. The van der Waals surface area contributed by atoms with Gasteiger partial charge in [0, 0.05) is 11.1 Å². The van der Waals surface area contributed by atoms with Gasteiger partial charge in [-0.15, -0.1) is 0 Å². The molecule has 1 aliphatic rings. The SMILES string of the molecule is O=C(O)/C=C/c1ccc2c(c1)Cc1cc(Cl)ccc1-2. The maximum atomic E-state index is 10.5. The van der Waals surface area contributed by atoms with Crippen molar-refractivity contribution in [3.8, 4) is 11.1 Å². The molecule has 0 amide bonds. The lowest BCUT2D eigenvalue weighted by Gasteiger charge is -2.02. The smallest absolute Gasteiger partial charge is 0.328 e. The molecule has 2 nitrogen and oxygen atoms in total. The van der Waals surface area contributed by atoms with E-state index in [4.69, 9.17) is 16.7 Å². The zero-order chi connectivity index (χ0) is 13.4. The summed E-state index contributed by atoms with van der Waals surface area (Å²) in [4.78, 5) is 10.5. The van der Waals surface area contributed by atoms with Gasteiger partial charge in [0.15, 0.2) is 0 Å². The largest absolute Gasteiger partial charge is 0.478 e. The molecule has 0 heterocycles. The van der Waals surface area contributed by atoms with Gasteiger partial charge in [-0.1, -0.05) is 35.9 Å². The first kappa shape index (κ1) is 12.0. The number of carboxylic acids is 1. The Morgan fingerprint density at radius 2 is 1.79 bits per heavy atom. The maximum absolute atomic E-state index is 10.5. The molecule has 0 aromatic heterocycles. The van der Waals surface area contributed by atoms with Crippen LogP contribution in [0.2, 0.25) is 5.02 Å². The highest BCUT2D eigenvalue weighted by atomic mass is 35.5. The second kappa shape index (κ2) is 4.56. The van der Waals surface area contributed by atoms with Gasteiger partial charge in [0.1, 0.15) is 0 Å². The van der Waals surface area contributed by atoms with Crippen molar-refractivity contribution >= 4 is 23.6 Å². The fourth-order valence-corrected chi connectivity index (χ4v) is 2.67. The molecular formula is C16H11ClO2. The van der Waals surface area contributed by atoms with Crippen LogP contribution >= 0.6 is 11.6 Å². The van der Waals surface area contributed by atoms with Gasteiger partial charge in [-0.3, -0.25) is 0 Å². The second-order valence-corrected chi connectivity index (χ2v) is 5.00. The molecule has 1 N–H and O–H groups in total. The van der Waals surface area contributed by atoms with Gasteiger partial charge in [-0.05, 0) is 52.4 Å². The molecule has 0 saturated heterocycles. The summed E-state index contributed by atoms with van der Waals surface area (Å²) in [5.41, 5.74) is 5.76. The van der Waals surface area contributed by atoms with Gasteiger partial charge in [0.05, 0.1) is 0 Å². The van der Waals surface area contributed by atoms with Crippen molar-refractivity contribution in [2.45, 2.75) is 6.42 Å². The Morgan fingerprint density at radius 3 is 2.53 bits per heavy atom. The first-order valence-electron chi connectivity index (χ1n) is 5.96. The second-order valence-electron chi connectivity index (χ2n) is 4.57. The first-order valence-corrected chi connectivity index (χ1v) is 6.34. The summed E-state index contributed by atoms with van der Waals surface area (Å²) >= 11 is 6.01. The third kappa shape index (κ3) is 2.27. The van der Waals surface area contributed by atoms with Crippen LogP contribution in [0.1, 0.15) is 16.7 Å². The Bertz CT molecular complexity index is 702. The minimum absolute atomic E-state index is 0.748. The molecule has 0 saturated carbocycles. The molecule has 3 rings (SSSR count). The third-order valence-corrected chi connectivity index (χ3v) is 3.52. The number of carboxylic acid groups (broad SMARTS) is 1. The van der Waals surface area contributed by atoms with E-state index in [1.165, 1.54) is 22.3 Å². The van der Waals surface area contributed by atoms with Crippen LogP contribution in [0.3, 0.4) is 0 Å². The van der Waals surface area contributed by atoms with E-state index in [9.17, 15) is 4.79 Å². The normalized spacial score (nSPS) is 12.5. The summed E-state index contributed by atoms with van der Waals surface area (Å²) < 4.78 is 0. The number of hydrogen-bond donors (Lipinski definition) is 1. The molecule has 0 unspecified atom stereocenters. The Kier molecular flexibility index (Phi) is 2.88. The fourth-order valence-electron chi connectivity index (χ4n) is 2.47. The predicted octanol–water partition coefficient (Wildman–Crippen LogP) is 4.01. The number of fused-ring (bicyclic) bond motifs is 3. The Morgan fingerprint density at radius 1 is 1.11 bits per heavy atom. The Labute approximate surface area is 116 Å². The van der Waals surface area contributed by atoms with Crippen LogP contribution in [-0.4, -0.2) is 11.1 Å². The van der Waals surface area contributed by atoms with Crippen LogP contribution in [0, 0.1) is 0 Å². The molecule has 3 heteroatoms. The summed E-state index contributed by atoms with van der Waals surface area (Å²) in [5.74, 6) is -0.935. The lowest BCUT2D eigenvalue weighted by molar-refractivity contribution is -0.131. The number of hydrogen-bond acceptors (Lipinski definition) is 1. The monoisotopic (exact) mass is 270 g/mol. The maximum Gasteiger partial charge on any atom is 0.328 e. The molecule has 0 aliphatic heterocycles. The molecule has 0 fully saturated rings. The van der Waals surface area contributed by atoms with E-state index in [2.05, 4.69) is 0 Å². The quantitative estimate of drug-likeness (QED) is 0.715. The van der Waals surface area contributed by atoms with E-state index in [-0.39, 0.29) is 0 Å². The number of benzene rings is 2. The molecular weight excluding hydrogens is 260 g/mol. The van der Waals surface area contributed by atoms with Crippen molar-refractivity contribution in [2.75, 3.05) is 0 Å². The molecule has 2 aromatic carbocycles. The van der Waals surface area contributed by atoms with Crippen LogP contribution < -0.4 is 0 Å². The van der Waals surface area contributed by atoms with Crippen molar-refractivity contribution < 1.29 is 9.90 Å². The highest BCUT2D eigenvalue weighted by Crippen LogP contribution is 2.38. The van der Waals surface area contributed by atoms with Crippen molar-refractivity contribution in [2.24, 2.45) is 0 Å². The molecule has 2 aromatic rings. The number of aliphatic carboxylic acids is 1. The van der Waals surface area contributed by atoms with E-state index in [1.807, 2.05) is 36.4 Å². The highest BCUT2D eigenvalue weighted by molar-refractivity contribution is 6.30. The summed E-state index contributed by atoms with van der Waals surface area (Å²) in [6.45, 7) is 0. The topological polar surface area (TPSA) is 37.3 Å². The molecule has 1 aliphatic carbocycles. The van der Waals surface area contributed by atoms with Crippen molar-refractivity contribution in [1.82, 2.24) is 0 Å². The van der Waals surface area contributed by atoms with Crippen molar-refractivity contribution in [1.29, 1.82) is 0 Å². The van der Waals surface area contributed by atoms with Crippen molar-refractivity contribution in [3.05, 3.63) is 64.2 Å². The predicted molar refractivity (Wildman–Crippen MR) is 76.4 cm³/mol. The van der Waals surface area contributed by atoms with Crippen molar-refractivity contribution in [3.63, 3.8) is 0 Å². The average Bonchev–Trinajstić information content (AvgIpc) is 2.72. The fraction of sp³-hybridized carbons (Fsp3) is 0.0625. The standard InChI is InChI=1S/C16H11ClO2/c17-13-3-5-15-12(9-13)8-11-7-10(1-4-14(11)15)2-6-16(18)19/h1-7,9H,8H2,(H,18,19)/b6-2+. The minimum atomic E-state index is -0.935. The zero-order valence-corrected chi connectivity index (χ0v) is 10.8. The third-order valence-electron chi connectivity index (χ3n) is 3.29. The zero-order valence-electron chi connectivity index (χ0n) is 10.1. The highest BCUT2D eigenvalue weighted by Gasteiger charge is 2.18. The van der Waals surface area contributed by atoms with Gasteiger partial charge in [-0.2, -0.15) is 0 Å². The molecule has 0 bridgehead atoms. The number of rotatable bonds is 2. The lowest BCUT2D eigenvalue weighted by atomic mass is 10.0. The van der Waals surface area contributed by atoms with Crippen LogP contribution in [0.15, 0.2) is 42.5 Å². The summed E-state index contributed by atoms with van der Waals surface area (Å²) in [7, 11) is 0. The van der Waals surface area contributed by atoms with Gasteiger partial charge >= 0.3 is 5.97 Å². The molecule has 19 heavy (non-hydrogen) atoms. The van der Waals surface area contributed by atoms with Gasteiger partial charge in [0.25, 0.3) is 0 Å². The minimum Gasteiger partial charge on any atom is -0.478 e. The first-order chi connectivity index (χ1) is 9.13. The van der Waals surface area contributed by atoms with Crippen LogP contribution in [-0.2, 0) is 11.2 Å². The lowest BCUT2D eigenvalue weighted by Crippen LogP contribution is -1.86. The van der Waals surface area contributed by atoms with Gasteiger partial charge < -0.3 is 5.11 Å². The molecule has 94 valence electrons. The Balaban J connectivity index is 2.00. The van der Waals surface area contributed by atoms with Gasteiger partial charge in [-0.25, -0.2) is 4.79 Å². The van der Waals surface area contributed by atoms with E-state index in [0.29, 0.717) is 0 Å². The number of halogens is 1. The van der Waals surface area contributed by atoms with E-state index < -0.39 is 5.97 Å². The van der Waals surface area contributed by atoms with Gasteiger partial charge in [0.2, 0.25) is 0 Å². The summed E-state index contributed by atoms with van der Waals surface area (Å²) in [5, 5.41) is 9.39. The van der Waals surface area contributed by atoms with Crippen LogP contribution in [0.5, 0.6) is 0 Å². The molecule has 0 atom stereocenters. The van der Waals surface area contributed by atoms with E-state index >= 15 is 0 Å². The van der Waals surface area contributed by atoms with E-state index in [1.54, 1.807) is 6.08 Å². The summed E-state index contributed by atoms with van der Waals surface area (Å²) in [6.07, 6.45) is 3.61. The summed E-state index contributed by atoms with van der Waals surface area (Å²) in [6, 6.07) is 11.9. The van der Waals surface area contributed by atoms with E-state index in [0.717, 1.165) is 23.1 Å². The van der Waals surface area contributed by atoms with Crippen LogP contribution in [0.4, 0.5) is 0 Å². The average molecular weight is 271 g/mol.